The Labute approximate surface area is 179 Å². The van der Waals surface area contributed by atoms with Crippen LogP contribution in [0.2, 0.25) is 0 Å². The van der Waals surface area contributed by atoms with Gasteiger partial charge in [-0.05, 0) is 18.2 Å². The van der Waals surface area contributed by atoms with Crippen molar-refractivity contribution in [2.75, 3.05) is 36.4 Å². The smallest absolute Gasteiger partial charge is 0.255 e. The highest BCUT2D eigenvalue weighted by Crippen LogP contribution is 2.34. The van der Waals surface area contributed by atoms with Crippen LogP contribution in [0.1, 0.15) is 10.4 Å². The molecule has 0 aromatic heterocycles. The number of ether oxygens (including phenoxy) is 2. The number of thioether (sulfide) groups is 1. The first-order valence-electron chi connectivity index (χ1n) is 9.21. The molecule has 2 atom stereocenters. The molecule has 8 nitrogen and oxygen atoms in total. The fourth-order valence-corrected chi connectivity index (χ4v) is 7.04. The molecule has 30 heavy (non-hydrogen) atoms. The lowest BCUT2D eigenvalue weighted by molar-refractivity contribution is 0.102. The first-order chi connectivity index (χ1) is 14.3. The lowest BCUT2D eigenvalue weighted by Gasteiger charge is -2.11. The van der Waals surface area contributed by atoms with Crippen LogP contribution < -0.4 is 20.1 Å². The number of amidine groups is 1. The van der Waals surface area contributed by atoms with E-state index in [2.05, 4.69) is 15.6 Å². The Morgan fingerprint density at radius 1 is 1.07 bits per heavy atom. The number of carbonyl (C=O) groups is 1. The number of carbonyl (C=O) groups excluding carboxylic acids is 1. The molecule has 1 amide bonds. The molecule has 2 aliphatic rings. The minimum atomic E-state index is -2.99. The summed E-state index contributed by atoms with van der Waals surface area (Å²) in [5.74, 6) is 1.12. The predicted molar refractivity (Wildman–Crippen MR) is 119 cm³/mol. The van der Waals surface area contributed by atoms with Gasteiger partial charge in [-0.3, -0.25) is 9.79 Å². The fourth-order valence-electron chi connectivity index (χ4n) is 3.36. The molecule has 0 radical (unpaired) electrons. The number of amides is 1. The van der Waals surface area contributed by atoms with Crippen molar-refractivity contribution >= 4 is 44.0 Å². The Morgan fingerprint density at radius 3 is 2.47 bits per heavy atom. The number of methoxy groups -OCH3 is 2. The number of aliphatic imine (C=N–C) groups is 1. The molecule has 0 spiro atoms. The van der Waals surface area contributed by atoms with Crippen LogP contribution in [0.15, 0.2) is 47.5 Å². The minimum absolute atomic E-state index is 0.0352. The van der Waals surface area contributed by atoms with Gasteiger partial charge in [0.05, 0.1) is 31.8 Å². The normalized spacial score (nSPS) is 21.5. The zero-order chi connectivity index (χ0) is 21.3. The van der Waals surface area contributed by atoms with Crippen molar-refractivity contribution in [2.24, 2.45) is 4.99 Å². The molecule has 158 valence electrons. The van der Waals surface area contributed by atoms with Gasteiger partial charge in [-0.1, -0.05) is 17.8 Å². The molecule has 2 aliphatic heterocycles. The van der Waals surface area contributed by atoms with E-state index in [1.54, 1.807) is 50.6 Å². The van der Waals surface area contributed by atoms with Crippen molar-refractivity contribution in [3.8, 4) is 11.5 Å². The fraction of sp³-hybridized carbons (Fsp3) is 0.300. The maximum atomic E-state index is 12.7. The monoisotopic (exact) mass is 447 g/mol. The summed E-state index contributed by atoms with van der Waals surface area (Å²) in [6, 6.07) is 12.0. The SMILES string of the molecule is COc1cc(NC(=O)c2cccc(NC3=N[C@H]4CS(=O)(=O)C[C@@H]4S3)c2)cc(OC)c1. The second kappa shape index (κ2) is 8.19. The molecule has 2 heterocycles. The predicted octanol–water partition coefficient (Wildman–Crippen LogP) is 2.64. The van der Waals surface area contributed by atoms with Crippen molar-refractivity contribution in [1.82, 2.24) is 0 Å². The zero-order valence-corrected chi connectivity index (χ0v) is 18.0. The third kappa shape index (κ3) is 4.54. The number of anilines is 2. The lowest BCUT2D eigenvalue weighted by atomic mass is 10.2. The molecule has 2 aromatic rings. The van der Waals surface area contributed by atoms with E-state index in [0.717, 1.165) is 0 Å². The number of benzene rings is 2. The number of nitrogens with one attached hydrogen (secondary N) is 2. The number of rotatable bonds is 5. The summed E-state index contributed by atoms with van der Waals surface area (Å²) in [4.78, 5) is 17.2. The molecule has 2 N–H and O–H groups in total. The van der Waals surface area contributed by atoms with E-state index in [1.165, 1.54) is 11.8 Å². The zero-order valence-electron chi connectivity index (χ0n) is 16.4. The number of nitrogens with zero attached hydrogens (tertiary/aromatic N) is 1. The van der Waals surface area contributed by atoms with E-state index in [0.29, 0.717) is 33.6 Å². The Kier molecular flexibility index (Phi) is 5.61. The van der Waals surface area contributed by atoms with Gasteiger partial charge in [-0.25, -0.2) is 8.42 Å². The molecule has 0 saturated carbocycles. The van der Waals surface area contributed by atoms with Crippen molar-refractivity contribution in [3.05, 3.63) is 48.0 Å². The maximum absolute atomic E-state index is 12.7. The summed E-state index contributed by atoms with van der Waals surface area (Å²) in [7, 11) is 0.103. The third-order valence-corrected chi connectivity index (χ3v) is 7.95. The van der Waals surface area contributed by atoms with Crippen molar-refractivity contribution in [1.29, 1.82) is 0 Å². The van der Waals surface area contributed by atoms with Gasteiger partial charge in [0.2, 0.25) is 0 Å². The van der Waals surface area contributed by atoms with E-state index in [4.69, 9.17) is 9.47 Å². The van der Waals surface area contributed by atoms with Gasteiger partial charge < -0.3 is 20.1 Å². The van der Waals surface area contributed by atoms with Crippen molar-refractivity contribution in [3.63, 3.8) is 0 Å². The number of sulfone groups is 1. The molecule has 0 unspecified atom stereocenters. The third-order valence-electron chi connectivity index (χ3n) is 4.80. The first-order valence-corrected chi connectivity index (χ1v) is 11.9. The molecule has 2 aromatic carbocycles. The number of hydrogen-bond donors (Lipinski definition) is 2. The first kappa shape index (κ1) is 20.5. The molecule has 1 fully saturated rings. The minimum Gasteiger partial charge on any atom is -0.497 e. The summed E-state index contributed by atoms with van der Waals surface area (Å²) in [6.07, 6.45) is 0. The Hall–Kier alpha value is -2.72. The van der Waals surface area contributed by atoms with Crippen LogP contribution in [0, 0.1) is 0 Å². The average Bonchev–Trinajstić information content (AvgIpc) is 3.20. The largest absolute Gasteiger partial charge is 0.497 e. The highest BCUT2D eigenvalue weighted by molar-refractivity contribution is 8.15. The number of hydrogen-bond acceptors (Lipinski definition) is 8. The Morgan fingerprint density at radius 2 is 1.80 bits per heavy atom. The average molecular weight is 448 g/mol. The summed E-state index contributed by atoms with van der Waals surface area (Å²) in [5.41, 5.74) is 1.73. The van der Waals surface area contributed by atoms with Gasteiger partial charge in [0, 0.05) is 40.4 Å². The highest BCUT2D eigenvalue weighted by atomic mass is 32.2. The Bertz CT molecular complexity index is 1090. The van der Waals surface area contributed by atoms with E-state index in [-0.39, 0.29) is 28.7 Å². The van der Waals surface area contributed by atoms with Crippen LogP contribution in [-0.4, -0.2) is 56.5 Å². The van der Waals surface area contributed by atoms with E-state index < -0.39 is 9.84 Å². The maximum Gasteiger partial charge on any atom is 0.255 e. The van der Waals surface area contributed by atoms with E-state index >= 15 is 0 Å². The van der Waals surface area contributed by atoms with Crippen molar-refractivity contribution in [2.45, 2.75) is 11.3 Å². The van der Waals surface area contributed by atoms with Crippen LogP contribution >= 0.6 is 11.8 Å². The van der Waals surface area contributed by atoms with Gasteiger partial charge in [0.15, 0.2) is 15.0 Å². The van der Waals surface area contributed by atoms with Crippen LogP contribution in [0.25, 0.3) is 0 Å². The van der Waals surface area contributed by atoms with E-state index in [9.17, 15) is 13.2 Å². The van der Waals surface area contributed by atoms with Crippen LogP contribution in [0.4, 0.5) is 11.4 Å². The molecule has 10 heteroatoms. The van der Waals surface area contributed by atoms with E-state index in [1.807, 2.05) is 6.07 Å². The highest BCUT2D eigenvalue weighted by Gasteiger charge is 2.42. The topological polar surface area (TPSA) is 106 Å². The van der Waals surface area contributed by atoms with Gasteiger partial charge >= 0.3 is 0 Å². The number of fused-ring (bicyclic) bond motifs is 1. The quantitative estimate of drug-likeness (QED) is 0.726. The summed E-state index contributed by atoms with van der Waals surface area (Å²) in [5, 5.41) is 6.67. The van der Waals surface area contributed by atoms with Crippen LogP contribution in [-0.2, 0) is 9.84 Å². The molecule has 0 bridgehead atoms. The van der Waals surface area contributed by atoms with Gasteiger partial charge in [-0.15, -0.1) is 0 Å². The molecule has 0 aliphatic carbocycles. The second-order valence-electron chi connectivity index (χ2n) is 7.00. The second-order valence-corrected chi connectivity index (χ2v) is 10.4. The van der Waals surface area contributed by atoms with Crippen LogP contribution in [0.5, 0.6) is 11.5 Å². The van der Waals surface area contributed by atoms with Crippen molar-refractivity contribution < 1.29 is 22.7 Å². The molecular weight excluding hydrogens is 426 g/mol. The molecule has 1 saturated heterocycles. The lowest BCUT2D eigenvalue weighted by Crippen LogP contribution is -2.14. The summed E-state index contributed by atoms with van der Waals surface area (Å²) >= 11 is 1.43. The molecule has 4 rings (SSSR count). The Balaban J connectivity index is 1.46. The van der Waals surface area contributed by atoms with Gasteiger partial charge in [0.25, 0.3) is 5.91 Å². The summed E-state index contributed by atoms with van der Waals surface area (Å²) < 4.78 is 33.8. The molecular formula is C20H21N3O5S2. The van der Waals surface area contributed by atoms with Gasteiger partial charge in [0.1, 0.15) is 11.5 Å². The van der Waals surface area contributed by atoms with Gasteiger partial charge in [-0.2, -0.15) is 0 Å². The standard InChI is InChI=1S/C20H21N3O5S2/c1-27-15-7-14(8-16(9-15)28-2)21-19(24)12-4-3-5-13(6-12)22-20-23-17-10-30(25,26)11-18(17)29-20/h3-9,17-18H,10-11H2,1-2H3,(H,21,24)(H,22,23)/t17-,18-/m0/s1. The van der Waals surface area contributed by atoms with Crippen LogP contribution in [0.3, 0.4) is 0 Å². The summed E-state index contributed by atoms with van der Waals surface area (Å²) in [6.45, 7) is 0.